The van der Waals surface area contributed by atoms with Crippen molar-refractivity contribution in [2.45, 2.75) is 58.9 Å². The van der Waals surface area contributed by atoms with Crippen molar-refractivity contribution in [3.05, 3.63) is 11.6 Å². The second-order valence-electron chi connectivity index (χ2n) is 5.45. The van der Waals surface area contributed by atoms with E-state index in [-0.39, 0.29) is 11.4 Å². The van der Waals surface area contributed by atoms with Gasteiger partial charge in [0.2, 0.25) is 0 Å². The summed E-state index contributed by atoms with van der Waals surface area (Å²) in [4.78, 5) is 25.4. The quantitative estimate of drug-likeness (QED) is 0.308. The standard InChI is InChI=1S/C15H25NO3/c1-5-7-9-16-14(18)12(15(16,3)4)11-13(17)19-10-8-6-2/h11H,5-10H2,1-4H3/b12-11+. The zero-order valence-electron chi connectivity index (χ0n) is 12.5. The number of ether oxygens (including phenoxy) is 1. The number of nitrogens with zero attached hydrogens (tertiary/aromatic N) is 1. The van der Waals surface area contributed by atoms with Gasteiger partial charge in [-0.15, -0.1) is 0 Å². The fourth-order valence-electron chi connectivity index (χ4n) is 2.17. The molecule has 0 aromatic carbocycles. The smallest absolute Gasteiger partial charge is 0.331 e. The fraction of sp³-hybridized carbons (Fsp3) is 0.733. The number of hydrogen-bond donors (Lipinski definition) is 0. The molecule has 0 saturated carbocycles. The number of likely N-dealkylation sites (tertiary alicyclic amines) is 1. The first kappa shape index (κ1) is 15.7. The van der Waals surface area contributed by atoms with Gasteiger partial charge < -0.3 is 9.64 Å². The minimum Gasteiger partial charge on any atom is -0.463 e. The molecule has 0 spiro atoms. The van der Waals surface area contributed by atoms with E-state index in [0.29, 0.717) is 12.2 Å². The molecule has 1 heterocycles. The lowest BCUT2D eigenvalue weighted by atomic mass is 9.81. The van der Waals surface area contributed by atoms with Crippen molar-refractivity contribution < 1.29 is 14.3 Å². The number of hydrogen-bond acceptors (Lipinski definition) is 3. The van der Waals surface area contributed by atoms with Crippen LogP contribution in [-0.2, 0) is 14.3 Å². The molecule has 0 bridgehead atoms. The molecule has 19 heavy (non-hydrogen) atoms. The molecule has 1 amide bonds. The van der Waals surface area contributed by atoms with Crippen LogP contribution >= 0.6 is 0 Å². The van der Waals surface area contributed by atoms with Crippen LogP contribution in [0.5, 0.6) is 0 Å². The molecule has 1 saturated heterocycles. The van der Waals surface area contributed by atoms with E-state index >= 15 is 0 Å². The van der Waals surface area contributed by atoms with Crippen LogP contribution in [0.2, 0.25) is 0 Å². The van der Waals surface area contributed by atoms with Crippen LogP contribution in [0, 0.1) is 0 Å². The number of rotatable bonds is 7. The summed E-state index contributed by atoms with van der Waals surface area (Å²) in [6.07, 6.45) is 5.25. The Balaban J connectivity index is 2.59. The Morgan fingerprint density at radius 2 is 1.89 bits per heavy atom. The Morgan fingerprint density at radius 3 is 2.42 bits per heavy atom. The minimum absolute atomic E-state index is 0.0362. The second-order valence-corrected chi connectivity index (χ2v) is 5.45. The summed E-state index contributed by atoms with van der Waals surface area (Å²) >= 11 is 0. The van der Waals surface area contributed by atoms with E-state index in [1.165, 1.54) is 6.08 Å². The van der Waals surface area contributed by atoms with Crippen LogP contribution in [0.3, 0.4) is 0 Å². The number of unbranched alkanes of at least 4 members (excludes halogenated alkanes) is 2. The van der Waals surface area contributed by atoms with Crippen LogP contribution in [0.15, 0.2) is 11.6 Å². The number of carbonyl (C=O) groups is 2. The minimum atomic E-state index is -0.403. The van der Waals surface area contributed by atoms with Crippen LogP contribution in [0.4, 0.5) is 0 Å². The summed E-state index contributed by atoms with van der Waals surface area (Å²) in [7, 11) is 0. The van der Waals surface area contributed by atoms with E-state index in [1.54, 1.807) is 0 Å². The zero-order valence-corrected chi connectivity index (χ0v) is 12.5. The highest BCUT2D eigenvalue weighted by atomic mass is 16.5. The fourth-order valence-corrected chi connectivity index (χ4v) is 2.17. The summed E-state index contributed by atoms with van der Waals surface area (Å²) < 4.78 is 5.06. The Labute approximate surface area is 115 Å². The van der Waals surface area contributed by atoms with Gasteiger partial charge in [-0.3, -0.25) is 4.79 Å². The molecule has 1 aliphatic heterocycles. The predicted octanol–water partition coefficient (Wildman–Crippen LogP) is 2.68. The Hall–Kier alpha value is -1.32. The van der Waals surface area contributed by atoms with Crippen molar-refractivity contribution in [1.82, 2.24) is 4.90 Å². The summed E-state index contributed by atoms with van der Waals surface area (Å²) in [5.74, 6) is -0.439. The first-order valence-corrected chi connectivity index (χ1v) is 7.16. The van der Waals surface area contributed by atoms with Gasteiger partial charge in [0.05, 0.1) is 12.1 Å². The van der Waals surface area contributed by atoms with Gasteiger partial charge in [0, 0.05) is 18.2 Å². The molecule has 4 nitrogen and oxygen atoms in total. The lowest BCUT2D eigenvalue weighted by Gasteiger charge is -2.49. The molecule has 1 aliphatic rings. The summed E-state index contributed by atoms with van der Waals surface area (Å²) in [6, 6.07) is 0. The number of esters is 1. The largest absolute Gasteiger partial charge is 0.463 e. The second kappa shape index (κ2) is 6.73. The van der Waals surface area contributed by atoms with E-state index < -0.39 is 5.97 Å². The predicted molar refractivity (Wildman–Crippen MR) is 74.7 cm³/mol. The zero-order chi connectivity index (χ0) is 14.5. The SMILES string of the molecule is CCCCOC(=O)/C=C1\C(=O)N(CCCC)C1(C)C. The average molecular weight is 267 g/mol. The lowest BCUT2D eigenvalue weighted by molar-refractivity contribution is -0.144. The van der Waals surface area contributed by atoms with E-state index in [0.717, 1.165) is 32.2 Å². The maximum atomic E-state index is 12.0. The maximum Gasteiger partial charge on any atom is 0.331 e. The third-order valence-electron chi connectivity index (χ3n) is 3.55. The van der Waals surface area contributed by atoms with Crippen LogP contribution in [0.25, 0.3) is 0 Å². The Morgan fingerprint density at radius 1 is 1.26 bits per heavy atom. The first-order valence-electron chi connectivity index (χ1n) is 7.16. The van der Waals surface area contributed by atoms with Crippen molar-refractivity contribution in [3.63, 3.8) is 0 Å². The van der Waals surface area contributed by atoms with Gasteiger partial charge in [-0.2, -0.15) is 0 Å². The van der Waals surface area contributed by atoms with Crippen LogP contribution in [0.1, 0.15) is 53.4 Å². The van der Waals surface area contributed by atoms with E-state index in [9.17, 15) is 9.59 Å². The van der Waals surface area contributed by atoms with E-state index in [4.69, 9.17) is 4.74 Å². The molecule has 0 aromatic heterocycles. The lowest BCUT2D eigenvalue weighted by Crippen LogP contribution is -2.62. The highest BCUT2D eigenvalue weighted by Crippen LogP contribution is 2.36. The highest BCUT2D eigenvalue weighted by molar-refractivity contribution is 6.07. The Bertz CT molecular complexity index is 372. The van der Waals surface area contributed by atoms with Crippen LogP contribution < -0.4 is 0 Å². The number of amides is 1. The number of carbonyl (C=O) groups excluding carboxylic acids is 2. The molecule has 0 radical (unpaired) electrons. The van der Waals surface area contributed by atoms with Gasteiger partial charge in [0.1, 0.15) is 0 Å². The van der Waals surface area contributed by atoms with E-state index in [2.05, 4.69) is 6.92 Å². The van der Waals surface area contributed by atoms with Gasteiger partial charge in [0.25, 0.3) is 5.91 Å². The molecule has 1 fully saturated rings. The van der Waals surface area contributed by atoms with Crippen molar-refractivity contribution >= 4 is 11.9 Å². The molecule has 0 N–H and O–H groups in total. The molecular formula is C15H25NO3. The molecule has 108 valence electrons. The monoisotopic (exact) mass is 267 g/mol. The molecule has 1 rings (SSSR count). The van der Waals surface area contributed by atoms with Gasteiger partial charge in [-0.1, -0.05) is 26.7 Å². The molecule has 0 unspecified atom stereocenters. The topological polar surface area (TPSA) is 46.6 Å². The van der Waals surface area contributed by atoms with Crippen molar-refractivity contribution in [1.29, 1.82) is 0 Å². The van der Waals surface area contributed by atoms with Gasteiger partial charge in [0.15, 0.2) is 0 Å². The molecule has 4 heteroatoms. The summed E-state index contributed by atoms with van der Waals surface area (Å²) in [5, 5.41) is 0. The maximum absolute atomic E-state index is 12.0. The van der Waals surface area contributed by atoms with Gasteiger partial charge >= 0.3 is 5.97 Å². The normalized spacial score (nSPS) is 19.5. The Kier molecular flexibility index (Phi) is 5.58. The van der Waals surface area contributed by atoms with Crippen molar-refractivity contribution in [2.24, 2.45) is 0 Å². The summed E-state index contributed by atoms with van der Waals surface area (Å²) in [5.41, 5.74) is 0.209. The summed E-state index contributed by atoms with van der Waals surface area (Å²) in [6.45, 7) is 9.25. The molecule has 0 aliphatic carbocycles. The first-order chi connectivity index (χ1) is 8.95. The van der Waals surface area contributed by atoms with Gasteiger partial charge in [-0.05, 0) is 26.7 Å². The third-order valence-corrected chi connectivity index (χ3v) is 3.55. The van der Waals surface area contributed by atoms with Gasteiger partial charge in [-0.25, -0.2) is 4.79 Å². The molecule has 0 atom stereocenters. The molecular weight excluding hydrogens is 242 g/mol. The number of β-lactam (4-membered cyclic amide) rings is 1. The van der Waals surface area contributed by atoms with E-state index in [1.807, 2.05) is 25.7 Å². The average Bonchev–Trinajstić information content (AvgIpc) is 2.36. The van der Waals surface area contributed by atoms with Crippen LogP contribution in [-0.4, -0.2) is 35.5 Å². The van der Waals surface area contributed by atoms with Crippen molar-refractivity contribution in [2.75, 3.05) is 13.2 Å². The molecule has 0 aromatic rings. The third kappa shape index (κ3) is 3.58. The highest BCUT2D eigenvalue weighted by Gasteiger charge is 2.48. The van der Waals surface area contributed by atoms with Crippen molar-refractivity contribution in [3.8, 4) is 0 Å².